The Bertz CT molecular complexity index is 189. The molecule has 2 N–H and O–H groups in total. The number of alkyl halides is 2. The lowest BCUT2D eigenvalue weighted by atomic mass is 9.88. The highest BCUT2D eigenvalue weighted by Gasteiger charge is 2.35. The topological polar surface area (TPSA) is 29.3 Å². The van der Waals surface area contributed by atoms with E-state index in [-0.39, 0.29) is 12.1 Å². The minimum absolute atomic E-state index is 0.131. The van der Waals surface area contributed by atoms with Gasteiger partial charge in [0.1, 0.15) is 0 Å². The molecule has 0 spiro atoms. The van der Waals surface area contributed by atoms with Gasteiger partial charge in [-0.1, -0.05) is 32.6 Å². The molecule has 1 aliphatic carbocycles. The van der Waals surface area contributed by atoms with Gasteiger partial charge in [0.2, 0.25) is 0 Å². The first-order valence-corrected chi connectivity index (χ1v) is 6.38. The minimum atomic E-state index is -2.26. The van der Waals surface area contributed by atoms with E-state index in [9.17, 15) is 8.78 Å². The van der Waals surface area contributed by atoms with E-state index in [4.69, 9.17) is 5.73 Å². The fourth-order valence-electron chi connectivity index (χ4n) is 2.86. The third-order valence-corrected chi connectivity index (χ3v) is 3.83. The summed E-state index contributed by atoms with van der Waals surface area (Å²) >= 11 is 0. The van der Waals surface area contributed by atoms with Gasteiger partial charge in [0.25, 0.3) is 6.43 Å². The lowest BCUT2D eigenvalue weighted by Gasteiger charge is -2.42. The van der Waals surface area contributed by atoms with Gasteiger partial charge in [-0.25, -0.2) is 8.78 Å². The Balaban J connectivity index is 2.72. The number of halogens is 2. The van der Waals surface area contributed by atoms with Crippen LogP contribution in [0.3, 0.4) is 0 Å². The zero-order chi connectivity index (χ0) is 12.0. The number of hydrogen-bond acceptors (Lipinski definition) is 2. The standard InChI is InChI=1S/C12H24F2N2/c1-2-16(9-11(13)14)12(10-15)7-5-3-4-6-8-12/h11H,2-10,15H2,1H3. The first kappa shape index (κ1) is 13.8. The molecule has 0 aromatic rings. The van der Waals surface area contributed by atoms with Gasteiger partial charge in [-0.3, -0.25) is 4.90 Å². The van der Waals surface area contributed by atoms with Crippen LogP contribution in [0.1, 0.15) is 45.4 Å². The van der Waals surface area contributed by atoms with Crippen LogP contribution in [0.25, 0.3) is 0 Å². The zero-order valence-corrected chi connectivity index (χ0v) is 10.2. The van der Waals surface area contributed by atoms with E-state index < -0.39 is 6.43 Å². The van der Waals surface area contributed by atoms with Crippen LogP contribution in [0.5, 0.6) is 0 Å². The third-order valence-electron chi connectivity index (χ3n) is 3.83. The van der Waals surface area contributed by atoms with E-state index >= 15 is 0 Å². The Hall–Kier alpha value is -0.220. The molecule has 0 saturated heterocycles. The van der Waals surface area contributed by atoms with E-state index in [1.54, 1.807) is 0 Å². The average molecular weight is 234 g/mol. The van der Waals surface area contributed by atoms with Crippen molar-refractivity contribution < 1.29 is 8.78 Å². The lowest BCUT2D eigenvalue weighted by molar-refractivity contribution is 0.0170. The van der Waals surface area contributed by atoms with Crippen molar-refractivity contribution in [3.8, 4) is 0 Å². The summed E-state index contributed by atoms with van der Waals surface area (Å²) in [6.45, 7) is 2.99. The Kier molecular flexibility index (Phi) is 5.62. The van der Waals surface area contributed by atoms with E-state index in [1.165, 1.54) is 12.8 Å². The molecule has 0 radical (unpaired) electrons. The smallest absolute Gasteiger partial charge is 0.251 e. The molecule has 0 bridgehead atoms. The van der Waals surface area contributed by atoms with Crippen LogP contribution in [0.2, 0.25) is 0 Å². The molecule has 16 heavy (non-hydrogen) atoms. The van der Waals surface area contributed by atoms with E-state index in [1.807, 2.05) is 11.8 Å². The predicted molar refractivity (Wildman–Crippen MR) is 62.7 cm³/mol. The van der Waals surface area contributed by atoms with Crippen LogP contribution < -0.4 is 5.73 Å². The van der Waals surface area contributed by atoms with Crippen LogP contribution in [-0.2, 0) is 0 Å². The number of hydrogen-bond donors (Lipinski definition) is 1. The van der Waals surface area contributed by atoms with Gasteiger partial charge in [0.15, 0.2) is 0 Å². The zero-order valence-electron chi connectivity index (χ0n) is 10.2. The second-order valence-corrected chi connectivity index (χ2v) is 4.77. The van der Waals surface area contributed by atoms with Crippen LogP contribution in [0.4, 0.5) is 8.78 Å². The van der Waals surface area contributed by atoms with E-state index in [0.29, 0.717) is 13.1 Å². The second-order valence-electron chi connectivity index (χ2n) is 4.77. The van der Waals surface area contributed by atoms with Crippen molar-refractivity contribution in [2.24, 2.45) is 5.73 Å². The summed E-state index contributed by atoms with van der Waals surface area (Å²) in [6, 6.07) is 0. The van der Waals surface area contributed by atoms with Gasteiger partial charge < -0.3 is 5.73 Å². The summed E-state index contributed by atoms with van der Waals surface area (Å²) in [5, 5.41) is 0. The number of likely N-dealkylation sites (N-methyl/N-ethyl adjacent to an activating group) is 1. The maximum Gasteiger partial charge on any atom is 0.251 e. The normalized spacial score (nSPS) is 21.4. The molecule has 0 atom stereocenters. The Morgan fingerprint density at radius 2 is 1.75 bits per heavy atom. The maximum absolute atomic E-state index is 12.6. The molecule has 2 nitrogen and oxygen atoms in total. The van der Waals surface area contributed by atoms with E-state index in [0.717, 1.165) is 25.7 Å². The molecule has 0 unspecified atom stereocenters. The Labute approximate surface area is 97.2 Å². The molecular weight excluding hydrogens is 210 g/mol. The summed E-state index contributed by atoms with van der Waals surface area (Å²) in [4.78, 5) is 1.91. The molecule has 1 aliphatic rings. The van der Waals surface area contributed by atoms with Crippen LogP contribution in [-0.4, -0.2) is 36.5 Å². The molecule has 0 aliphatic heterocycles. The van der Waals surface area contributed by atoms with Crippen molar-refractivity contribution in [1.29, 1.82) is 0 Å². The lowest BCUT2D eigenvalue weighted by Crippen LogP contribution is -2.55. The largest absolute Gasteiger partial charge is 0.329 e. The summed E-state index contributed by atoms with van der Waals surface area (Å²) in [5.74, 6) is 0. The molecule has 4 heteroatoms. The highest BCUT2D eigenvalue weighted by atomic mass is 19.3. The molecule has 1 fully saturated rings. The fourth-order valence-corrected chi connectivity index (χ4v) is 2.86. The summed E-state index contributed by atoms with van der Waals surface area (Å²) in [6.07, 6.45) is 4.37. The number of nitrogens with zero attached hydrogens (tertiary/aromatic N) is 1. The maximum atomic E-state index is 12.6. The van der Waals surface area contributed by atoms with Gasteiger partial charge in [0, 0.05) is 12.1 Å². The highest BCUT2D eigenvalue weighted by Crippen LogP contribution is 2.32. The molecule has 0 heterocycles. The van der Waals surface area contributed by atoms with E-state index in [2.05, 4.69) is 0 Å². The fraction of sp³-hybridized carbons (Fsp3) is 1.00. The van der Waals surface area contributed by atoms with Gasteiger partial charge in [0.05, 0.1) is 6.54 Å². The molecule has 1 saturated carbocycles. The Morgan fingerprint density at radius 1 is 1.19 bits per heavy atom. The molecule has 0 aromatic heterocycles. The second kappa shape index (κ2) is 6.50. The molecule has 1 rings (SSSR count). The van der Waals surface area contributed by atoms with Gasteiger partial charge in [-0.2, -0.15) is 0 Å². The SMILES string of the molecule is CCN(CC(F)F)C1(CN)CCCCCC1. The summed E-state index contributed by atoms with van der Waals surface area (Å²) in [5.41, 5.74) is 5.71. The quantitative estimate of drug-likeness (QED) is 0.741. The predicted octanol–water partition coefficient (Wildman–Crippen LogP) is 2.63. The van der Waals surface area contributed by atoms with Crippen molar-refractivity contribution >= 4 is 0 Å². The summed E-state index contributed by atoms with van der Waals surface area (Å²) < 4.78 is 25.1. The molecule has 0 aromatic carbocycles. The molecule has 0 amide bonds. The van der Waals surface area contributed by atoms with Gasteiger partial charge in [-0.05, 0) is 19.4 Å². The first-order chi connectivity index (χ1) is 7.64. The number of rotatable bonds is 5. The Morgan fingerprint density at radius 3 is 2.12 bits per heavy atom. The summed E-state index contributed by atoms with van der Waals surface area (Å²) in [7, 11) is 0. The van der Waals surface area contributed by atoms with Crippen molar-refractivity contribution in [3.05, 3.63) is 0 Å². The minimum Gasteiger partial charge on any atom is -0.329 e. The first-order valence-electron chi connectivity index (χ1n) is 6.38. The third kappa shape index (κ3) is 3.39. The van der Waals surface area contributed by atoms with Crippen LogP contribution in [0.15, 0.2) is 0 Å². The number of nitrogens with two attached hydrogens (primary N) is 1. The monoisotopic (exact) mass is 234 g/mol. The van der Waals surface area contributed by atoms with Crippen molar-refractivity contribution in [3.63, 3.8) is 0 Å². The van der Waals surface area contributed by atoms with Crippen LogP contribution in [0, 0.1) is 0 Å². The highest BCUT2D eigenvalue weighted by molar-refractivity contribution is 4.93. The molecule has 96 valence electrons. The van der Waals surface area contributed by atoms with Crippen molar-refractivity contribution in [1.82, 2.24) is 4.90 Å². The van der Waals surface area contributed by atoms with Gasteiger partial charge in [-0.15, -0.1) is 0 Å². The molecular formula is C12H24F2N2. The average Bonchev–Trinajstić information content (AvgIpc) is 2.51. The van der Waals surface area contributed by atoms with Crippen molar-refractivity contribution in [2.75, 3.05) is 19.6 Å². The van der Waals surface area contributed by atoms with Crippen LogP contribution >= 0.6 is 0 Å². The van der Waals surface area contributed by atoms with Crippen molar-refractivity contribution in [2.45, 2.75) is 57.4 Å². The van der Waals surface area contributed by atoms with Gasteiger partial charge >= 0.3 is 0 Å².